The summed E-state index contributed by atoms with van der Waals surface area (Å²) in [6.45, 7) is 3.17. The van der Waals surface area contributed by atoms with Crippen molar-refractivity contribution in [3.63, 3.8) is 0 Å². The van der Waals surface area contributed by atoms with E-state index in [1.165, 1.54) is 6.07 Å². The molecule has 1 aliphatic heterocycles. The van der Waals surface area contributed by atoms with Crippen molar-refractivity contribution in [2.75, 3.05) is 13.1 Å². The zero-order chi connectivity index (χ0) is 12.5. The first kappa shape index (κ1) is 12.4. The molecule has 1 N–H and O–H groups in total. The summed E-state index contributed by atoms with van der Waals surface area (Å²) in [5.74, 6) is 0. The minimum atomic E-state index is -4.30. The van der Waals surface area contributed by atoms with Crippen LogP contribution in [0.25, 0.3) is 0 Å². The second kappa shape index (κ2) is 4.66. The molecule has 0 amide bonds. The van der Waals surface area contributed by atoms with Gasteiger partial charge in [0.2, 0.25) is 0 Å². The van der Waals surface area contributed by atoms with Gasteiger partial charge in [0.15, 0.2) is 0 Å². The molecule has 0 bridgehead atoms. The summed E-state index contributed by atoms with van der Waals surface area (Å²) in [5, 5.41) is 3.14. The number of ether oxygens (including phenoxy) is 1. The molecule has 1 fully saturated rings. The van der Waals surface area contributed by atoms with Crippen molar-refractivity contribution in [3.8, 4) is 0 Å². The summed E-state index contributed by atoms with van der Waals surface area (Å²) in [6.07, 6.45) is -4.59. The normalized spacial score (nSPS) is 25.9. The van der Waals surface area contributed by atoms with Crippen LogP contribution < -0.4 is 5.32 Å². The van der Waals surface area contributed by atoms with Crippen LogP contribution in [0.2, 0.25) is 0 Å². The van der Waals surface area contributed by atoms with Crippen molar-refractivity contribution in [1.82, 2.24) is 5.32 Å². The topological polar surface area (TPSA) is 21.3 Å². The van der Waals surface area contributed by atoms with E-state index in [0.717, 1.165) is 18.7 Å². The molecule has 2 rings (SSSR count). The number of halogens is 3. The molecule has 1 aliphatic rings. The maximum atomic E-state index is 12.6. The minimum absolute atomic E-state index is 0.0169. The third kappa shape index (κ3) is 2.98. The highest BCUT2D eigenvalue weighted by molar-refractivity contribution is 5.27. The van der Waals surface area contributed by atoms with E-state index in [4.69, 9.17) is 4.74 Å². The van der Waals surface area contributed by atoms with Gasteiger partial charge in [-0.15, -0.1) is 0 Å². The molecule has 2 atom stereocenters. The quantitative estimate of drug-likeness (QED) is 0.821. The Labute approximate surface area is 97.8 Å². The molecule has 1 aromatic carbocycles. The molecule has 1 heterocycles. The summed E-state index contributed by atoms with van der Waals surface area (Å²) >= 11 is 0. The number of alkyl halides is 3. The van der Waals surface area contributed by atoms with E-state index in [1.807, 2.05) is 6.92 Å². The van der Waals surface area contributed by atoms with Gasteiger partial charge >= 0.3 is 6.18 Å². The number of hydrogen-bond acceptors (Lipinski definition) is 2. The van der Waals surface area contributed by atoms with Crippen LogP contribution >= 0.6 is 0 Å². The van der Waals surface area contributed by atoms with Gasteiger partial charge in [0.05, 0.1) is 17.8 Å². The molecular weight excluding hydrogens is 231 g/mol. The van der Waals surface area contributed by atoms with E-state index < -0.39 is 11.7 Å². The highest BCUT2D eigenvalue weighted by Gasteiger charge is 2.31. The Bertz CT molecular complexity index is 392. The molecule has 0 unspecified atom stereocenters. The summed E-state index contributed by atoms with van der Waals surface area (Å²) in [5.41, 5.74) is -0.0595. The summed E-state index contributed by atoms with van der Waals surface area (Å²) < 4.78 is 43.3. The third-order valence-corrected chi connectivity index (χ3v) is 2.74. The average molecular weight is 245 g/mol. The van der Waals surface area contributed by atoms with Gasteiger partial charge in [0, 0.05) is 13.1 Å². The second-order valence-corrected chi connectivity index (χ2v) is 4.22. The van der Waals surface area contributed by atoms with Crippen LogP contribution in [-0.4, -0.2) is 19.2 Å². The molecule has 17 heavy (non-hydrogen) atoms. The Morgan fingerprint density at radius 3 is 2.71 bits per heavy atom. The lowest BCUT2D eigenvalue weighted by Gasteiger charge is -2.29. The molecule has 0 aromatic heterocycles. The standard InChI is InChI=1S/C12H14F3NO/c1-8-6-16-7-11(17-8)9-3-2-4-10(5-9)12(13,14)15/h2-5,8,11,16H,6-7H2,1H3/t8-,11-/m0/s1. The van der Waals surface area contributed by atoms with Crippen molar-refractivity contribution in [2.24, 2.45) is 0 Å². The summed E-state index contributed by atoms with van der Waals surface area (Å²) in [7, 11) is 0. The average Bonchev–Trinajstić information content (AvgIpc) is 2.28. The van der Waals surface area contributed by atoms with Gasteiger partial charge in [-0.3, -0.25) is 0 Å². The first-order valence-corrected chi connectivity index (χ1v) is 5.50. The van der Waals surface area contributed by atoms with Gasteiger partial charge in [0.25, 0.3) is 0 Å². The predicted octanol–water partition coefficient (Wildman–Crippen LogP) is 2.75. The molecule has 1 saturated heterocycles. The van der Waals surface area contributed by atoms with E-state index in [1.54, 1.807) is 6.07 Å². The van der Waals surface area contributed by atoms with Crippen LogP contribution in [0.3, 0.4) is 0 Å². The van der Waals surface area contributed by atoms with E-state index in [-0.39, 0.29) is 12.2 Å². The summed E-state index contributed by atoms with van der Waals surface area (Å²) in [4.78, 5) is 0. The van der Waals surface area contributed by atoms with Crippen LogP contribution in [0, 0.1) is 0 Å². The van der Waals surface area contributed by atoms with Crippen LogP contribution in [0.5, 0.6) is 0 Å². The van der Waals surface area contributed by atoms with Crippen LogP contribution in [-0.2, 0) is 10.9 Å². The molecule has 1 aromatic rings. The minimum Gasteiger partial charge on any atom is -0.368 e. The molecule has 0 spiro atoms. The fourth-order valence-electron chi connectivity index (χ4n) is 1.91. The lowest BCUT2D eigenvalue weighted by atomic mass is 10.0. The lowest BCUT2D eigenvalue weighted by molar-refractivity contribution is -0.137. The summed E-state index contributed by atoms with van der Waals surface area (Å²) in [6, 6.07) is 5.31. The van der Waals surface area contributed by atoms with Crippen molar-refractivity contribution in [3.05, 3.63) is 35.4 Å². The molecular formula is C12H14F3NO. The van der Waals surface area contributed by atoms with Crippen molar-refractivity contribution in [1.29, 1.82) is 0 Å². The second-order valence-electron chi connectivity index (χ2n) is 4.22. The molecule has 0 aliphatic carbocycles. The highest BCUT2D eigenvalue weighted by atomic mass is 19.4. The van der Waals surface area contributed by atoms with Crippen molar-refractivity contribution in [2.45, 2.75) is 25.3 Å². The smallest absolute Gasteiger partial charge is 0.368 e. The van der Waals surface area contributed by atoms with Crippen molar-refractivity contribution < 1.29 is 17.9 Å². The number of benzene rings is 1. The third-order valence-electron chi connectivity index (χ3n) is 2.74. The van der Waals surface area contributed by atoms with Crippen molar-refractivity contribution >= 4 is 0 Å². The first-order chi connectivity index (χ1) is 7.97. The Morgan fingerprint density at radius 1 is 1.29 bits per heavy atom. The fourth-order valence-corrected chi connectivity index (χ4v) is 1.91. The lowest BCUT2D eigenvalue weighted by Crippen LogP contribution is -2.38. The molecule has 5 heteroatoms. The monoisotopic (exact) mass is 245 g/mol. The number of rotatable bonds is 1. The Kier molecular flexibility index (Phi) is 3.40. The van der Waals surface area contributed by atoms with Gasteiger partial charge in [-0.25, -0.2) is 0 Å². The van der Waals surface area contributed by atoms with Crippen LogP contribution in [0.15, 0.2) is 24.3 Å². The van der Waals surface area contributed by atoms with Gasteiger partial charge < -0.3 is 10.1 Å². The Hall–Kier alpha value is -1.07. The molecule has 94 valence electrons. The van der Waals surface area contributed by atoms with E-state index >= 15 is 0 Å². The number of hydrogen-bond donors (Lipinski definition) is 1. The fraction of sp³-hybridized carbons (Fsp3) is 0.500. The highest BCUT2D eigenvalue weighted by Crippen LogP contribution is 2.31. The molecule has 0 saturated carbocycles. The van der Waals surface area contributed by atoms with Gasteiger partial charge in [0.1, 0.15) is 0 Å². The SMILES string of the molecule is C[C@H]1CNC[C@@H](c2cccc(C(F)(F)F)c2)O1. The zero-order valence-corrected chi connectivity index (χ0v) is 9.42. The number of morpholine rings is 1. The van der Waals surface area contributed by atoms with Gasteiger partial charge in [-0.2, -0.15) is 13.2 Å². The van der Waals surface area contributed by atoms with Gasteiger partial charge in [-0.05, 0) is 24.6 Å². The maximum Gasteiger partial charge on any atom is 0.416 e. The molecule has 0 radical (unpaired) electrons. The number of nitrogens with one attached hydrogen (secondary N) is 1. The van der Waals surface area contributed by atoms with E-state index in [0.29, 0.717) is 12.1 Å². The van der Waals surface area contributed by atoms with Gasteiger partial charge in [-0.1, -0.05) is 12.1 Å². The Balaban J connectivity index is 2.21. The van der Waals surface area contributed by atoms with Crippen LogP contribution in [0.4, 0.5) is 13.2 Å². The van der Waals surface area contributed by atoms with E-state index in [2.05, 4.69) is 5.32 Å². The predicted molar refractivity (Wildman–Crippen MR) is 57.6 cm³/mol. The maximum absolute atomic E-state index is 12.6. The van der Waals surface area contributed by atoms with Crippen LogP contribution in [0.1, 0.15) is 24.2 Å². The zero-order valence-electron chi connectivity index (χ0n) is 9.42. The Morgan fingerprint density at radius 2 is 2.06 bits per heavy atom. The molecule has 2 nitrogen and oxygen atoms in total. The van der Waals surface area contributed by atoms with E-state index in [9.17, 15) is 13.2 Å². The first-order valence-electron chi connectivity index (χ1n) is 5.50. The largest absolute Gasteiger partial charge is 0.416 e.